The highest BCUT2D eigenvalue weighted by molar-refractivity contribution is 5.89. The SMILES string of the molecule is CC[C@H](NC(=O)C1(c2ccccc2)CCCC1)c1ccc(OC)c(C)c1. The number of hydrogen-bond donors (Lipinski definition) is 1. The van der Waals surface area contributed by atoms with Gasteiger partial charge in [-0.15, -0.1) is 0 Å². The van der Waals surface area contributed by atoms with Crippen LogP contribution in [0.4, 0.5) is 0 Å². The van der Waals surface area contributed by atoms with E-state index in [4.69, 9.17) is 4.74 Å². The van der Waals surface area contributed by atoms with Gasteiger partial charge < -0.3 is 10.1 Å². The van der Waals surface area contributed by atoms with Crippen molar-refractivity contribution in [3.05, 3.63) is 65.2 Å². The lowest BCUT2D eigenvalue weighted by Crippen LogP contribution is -2.44. The maximum Gasteiger partial charge on any atom is 0.231 e. The van der Waals surface area contributed by atoms with Crippen molar-refractivity contribution in [2.75, 3.05) is 7.11 Å². The Morgan fingerprint density at radius 1 is 1.15 bits per heavy atom. The second kappa shape index (κ2) is 7.94. The second-order valence-corrected chi connectivity index (χ2v) is 7.32. The zero-order valence-electron chi connectivity index (χ0n) is 16.0. The smallest absolute Gasteiger partial charge is 0.231 e. The Kier molecular flexibility index (Phi) is 5.65. The summed E-state index contributed by atoms with van der Waals surface area (Å²) >= 11 is 0. The summed E-state index contributed by atoms with van der Waals surface area (Å²) in [6, 6.07) is 16.5. The largest absolute Gasteiger partial charge is 0.496 e. The van der Waals surface area contributed by atoms with Crippen LogP contribution < -0.4 is 10.1 Å². The van der Waals surface area contributed by atoms with Crippen molar-refractivity contribution in [3.8, 4) is 5.75 Å². The molecule has 0 bridgehead atoms. The molecule has 0 heterocycles. The first kappa shape index (κ1) is 18.5. The molecule has 138 valence electrons. The minimum Gasteiger partial charge on any atom is -0.496 e. The average Bonchev–Trinajstić information content (AvgIpc) is 3.18. The number of carbonyl (C=O) groups excluding carboxylic acids is 1. The van der Waals surface area contributed by atoms with E-state index in [2.05, 4.69) is 36.5 Å². The van der Waals surface area contributed by atoms with E-state index in [1.807, 2.05) is 31.2 Å². The number of aryl methyl sites for hydroxylation is 1. The van der Waals surface area contributed by atoms with Gasteiger partial charge in [0, 0.05) is 0 Å². The molecule has 1 N–H and O–H groups in total. The highest BCUT2D eigenvalue weighted by atomic mass is 16.5. The van der Waals surface area contributed by atoms with Gasteiger partial charge in [0.1, 0.15) is 5.75 Å². The van der Waals surface area contributed by atoms with Crippen molar-refractivity contribution in [1.82, 2.24) is 5.32 Å². The van der Waals surface area contributed by atoms with Crippen molar-refractivity contribution < 1.29 is 9.53 Å². The quantitative estimate of drug-likeness (QED) is 0.788. The molecule has 0 radical (unpaired) electrons. The number of benzene rings is 2. The second-order valence-electron chi connectivity index (χ2n) is 7.32. The third-order valence-corrected chi connectivity index (χ3v) is 5.75. The Morgan fingerprint density at radius 2 is 1.85 bits per heavy atom. The summed E-state index contributed by atoms with van der Waals surface area (Å²) in [7, 11) is 1.69. The summed E-state index contributed by atoms with van der Waals surface area (Å²) in [6.07, 6.45) is 4.95. The molecule has 3 nitrogen and oxygen atoms in total. The van der Waals surface area contributed by atoms with Crippen molar-refractivity contribution in [3.63, 3.8) is 0 Å². The van der Waals surface area contributed by atoms with Crippen molar-refractivity contribution in [1.29, 1.82) is 0 Å². The average molecular weight is 351 g/mol. The zero-order valence-corrected chi connectivity index (χ0v) is 16.0. The van der Waals surface area contributed by atoms with Gasteiger partial charge in [0.2, 0.25) is 5.91 Å². The summed E-state index contributed by atoms with van der Waals surface area (Å²) in [6.45, 7) is 4.16. The number of rotatable bonds is 6. The van der Waals surface area contributed by atoms with Gasteiger partial charge in [-0.1, -0.05) is 62.2 Å². The number of amides is 1. The zero-order chi connectivity index (χ0) is 18.6. The fraction of sp³-hybridized carbons (Fsp3) is 0.435. The summed E-state index contributed by atoms with van der Waals surface area (Å²) in [5.74, 6) is 1.05. The number of methoxy groups -OCH3 is 1. The van der Waals surface area contributed by atoms with Gasteiger partial charge in [0.05, 0.1) is 18.6 Å². The molecule has 26 heavy (non-hydrogen) atoms. The summed E-state index contributed by atoms with van der Waals surface area (Å²) in [4.78, 5) is 13.4. The maximum atomic E-state index is 13.4. The fourth-order valence-electron chi connectivity index (χ4n) is 4.22. The van der Waals surface area contributed by atoms with Crippen molar-refractivity contribution >= 4 is 5.91 Å². The Labute approximate surface area is 156 Å². The molecule has 2 aromatic rings. The monoisotopic (exact) mass is 351 g/mol. The molecule has 0 saturated heterocycles. The molecule has 2 aromatic carbocycles. The Hall–Kier alpha value is -2.29. The lowest BCUT2D eigenvalue weighted by molar-refractivity contribution is -0.127. The number of nitrogens with one attached hydrogen (secondary N) is 1. The van der Waals surface area contributed by atoms with Gasteiger partial charge >= 0.3 is 0 Å². The van der Waals surface area contributed by atoms with Gasteiger partial charge in [-0.3, -0.25) is 4.79 Å². The predicted molar refractivity (Wildman–Crippen MR) is 105 cm³/mol. The number of ether oxygens (including phenoxy) is 1. The molecule has 0 aliphatic heterocycles. The van der Waals surface area contributed by atoms with Crippen molar-refractivity contribution in [2.24, 2.45) is 0 Å². The van der Waals surface area contributed by atoms with E-state index in [0.717, 1.165) is 54.5 Å². The normalized spacial score (nSPS) is 16.9. The van der Waals surface area contributed by atoms with Gasteiger partial charge in [0.25, 0.3) is 0 Å². The molecule has 3 heteroatoms. The summed E-state index contributed by atoms with van der Waals surface area (Å²) < 4.78 is 5.36. The summed E-state index contributed by atoms with van der Waals surface area (Å²) in [5, 5.41) is 3.35. The highest BCUT2D eigenvalue weighted by Gasteiger charge is 2.43. The molecule has 1 atom stereocenters. The van der Waals surface area contributed by atoms with Crippen LogP contribution in [0, 0.1) is 6.92 Å². The van der Waals surface area contributed by atoms with Crippen LogP contribution in [0.2, 0.25) is 0 Å². The number of carbonyl (C=O) groups is 1. The molecule has 1 amide bonds. The van der Waals surface area contributed by atoms with E-state index in [9.17, 15) is 4.79 Å². The summed E-state index contributed by atoms with van der Waals surface area (Å²) in [5.41, 5.74) is 3.00. The third kappa shape index (κ3) is 3.48. The van der Waals surface area contributed by atoms with Gasteiger partial charge in [-0.05, 0) is 48.9 Å². The van der Waals surface area contributed by atoms with Crippen LogP contribution in [-0.4, -0.2) is 13.0 Å². The van der Waals surface area contributed by atoms with Crippen LogP contribution in [-0.2, 0) is 10.2 Å². The first-order chi connectivity index (χ1) is 12.6. The molecule has 1 aliphatic carbocycles. The number of hydrogen-bond acceptors (Lipinski definition) is 2. The lowest BCUT2D eigenvalue weighted by atomic mass is 9.77. The third-order valence-electron chi connectivity index (χ3n) is 5.75. The fourth-order valence-corrected chi connectivity index (χ4v) is 4.22. The topological polar surface area (TPSA) is 38.3 Å². The van der Waals surface area contributed by atoms with E-state index >= 15 is 0 Å². The van der Waals surface area contributed by atoms with E-state index in [0.29, 0.717) is 0 Å². The molecule has 0 aromatic heterocycles. The molecule has 1 aliphatic rings. The first-order valence-corrected chi connectivity index (χ1v) is 9.62. The van der Waals surface area contributed by atoms with E-state index in [-0.39, 0.29) is 17.4 Å². The van der Waals surface area contributed by atoms with Crippen LogP contribution in [0.15, 0.2) is 48.5 Å². The van der Waals surface area contributed by atoms with Crippen LogP contribution >= 0.6 is 0 Å². The molecular formula is C23H29NO2. The highest BCUT2D eigenvalue weighted by Crippen LogP contribution is 2.42. The predicted octanol–water partition coefficient (Wildman–Crippen LogP) is 5.08. The van der Waals surface area contributed by atoms with E-state index in [1.54, 1.807) is 7.11 Å². The molecule has 1 saturated carbocycles. The van der Waals surface area contributed by atoms with Gasteiger partial charge in [0.15, 0.2) is 0 Å². The van der Waals surface area contributed by atoms with Crippen molar-refractivity contribution in [2.45, 2.75) is 57.4 Å². The Balaban J connectivity index is 1.85. The van der Waals surface area contributed by atoms with Crippen LogP contribution in [0.3, 0.4) is 0 Å². The maximum absolute atomic E-state index is 13.4. The van der Waals surface area contributed by atoms with Crippen LogP contribution in [0.1, 0.15) is 61.8 Å². The van der Waals surface area contributed by atoms with Gasteiger partial charge in [-0.2, -0.15) is 0 Å². The molecule has 0 unspecified atom stereocenters. The minimum atomic E-state index is -0.379. The Morgan fingerprint density at radius 3 is 2.42 bits per heavy atom. The van der Waals surface area contributed by atoms with E-state index < -0.39 is 0 Å². The molecular weight excluding hydrogens is 322 g/mol. The Bertz CT molecular complexity index is 748. The molecule has 1 fully saturated rings. The van der Waals surface area contributed by atoms with Crippen LogP contribution in [0.25, 0.3) is 0 Å². The van der Waals surface area contributed by atoms with Crippen LogP contribution in [0.5, 0.6) is 5.75 Å². The molecule has 0 spiro atoms. The standard InChI is InChI=1S/C23H29NO2/c1-4-20(18-12-13-21(26-3)17(2)16-18)24-22(25)23(14-8-9-15-23)19-10-6-5-7-11-19/h5-7,10-13,16,20H,4,8-9,14-15H2,1-3H3,(H,24,25)/t20-/m0/s1. The van der Waals surface area contributed by atoms with Gasteiger partial charge in [-0.25, -0.2) is 0 Å². The minimum absolute atomic E-state index is 0.0216. The first-order valence-electron chi connectivity index (χ1n) is 9.62. The van der Waals surface area contributed by atoms with E-state index in [1.165, 1.54) is 0 Å². The lowest BCUT2D eigenvalue weighted by Gasteiger charge is -2.31. The molecule has 3 rings (SSSR count).